The van der Waals surface area contributed by atoms with E-state index < -0.39 is 0 Å². The number of hydrogen-bond acceptors (Lipinski definition) is 2. The molecule has 4 nitrogen and oxygen atoms in total. The second-order valence-electron chi connectivity index (χ2n) is 4.44. The first-order valence-corrected chi connectivity index (χ1v) is 6.41. The molecule has 0 N–H and O–H groups in total. The van der Waals surface area contributed by atoms with Crippen LogP contribution in [0.15, 0.2) is 12.4 Å². The summed E-state index contributed by atoms with van der Waals surface area (Å²) >= 11 is 3.63. The van der Waals surface area contributed by atoms with Gasteiger partial charge in [0.15, 0.2) is 0 Å². The molecule has 0 saturated carbocycles. The highest BCUT2D eigenvalue weighted by molar-refractivity contribution is 9.09. The van der Waals surface area contributed by atoms with Crippen LogP contribution >= 0.6 is 15.9 Å². The molecule has 0 aromatic carbocycles. The fraction of sp³-hybridized carbons (Fsp3) is 0.636. The van der Waals surface area contributed by atoms with E-state index in [4.69, 9.17) is 0 Å². The lowest BCUT2D eigenvalue weighted by Crippen LogP contribution is -2.43. The van der Waals surface area contributed by atoms with Gasteiger partial charge in [-0.25, -0.2) is 0 Å². The highest BCUT2D eigenvalue weighted by Gasteiger charge is 2.27. The van der Waals surface area contributed by atoms with Crippen molar-refractivity contribution in [2.24, 2.45) is 13.0 Å². The van der Waals surface area contributed by atoms with Gasteiger partial charge in [0.05, 0.1) is 11.8 Å². The van der Waals surface area contributed by atoms with Gasteiger partial charge in [-0.15, -0.1) is 0 Å². The molecule has 1 fully saturated rings. The number of aryl methyl sites for hydroxylation is 1. The molecule has 2 heterocycles. The maximum absolute atomic E-state index is 12.1. The summed E-state index contributed by atoms with van der Waals surface area (Å²) in [5, 5.41) is 4.02. The topological polar surface area (TPSA) is 38.1 Å². The molecule has 1 saturated heterocycles. The van der Waals surface area contributed by atoms with Crippen LogP contribution in [-0.2, 0) is 7.05 Å². The fourth-order valence-corrected chi connectivity index (χ4v) is 2.53. The van der Waals surface area contributed by atoms with Crippen molar-refractivity contribution in [2.75, 3.05) is 13.1 Å². The van der Waals surface area contributed by atoms with Gasteiger partial charge in [-0.3, -0.25) is 9.48 Å². The first kappa shape index (κ1) is 11.6. The van der Waals surface area contributed by atoms with Gasteiger partial charge in [0.1, 0.15) is 0 Å². The van der Waals surface area contributed by atoms with Crippen molar-refractivity contribution in [3.05, 3.63) is 18.0 Å². The summed E-state index contributed by atoms with van der Waals surface area (Å²) in [7, 11) is 1.82. The predicted octanol–water partition coefficient (Wildman–Crippen LogP) is 1.67. The number of rotatable bonds is 1. The Labute approximate surface area is 104 Å². The monoisotopic (exact) mass is 285 g/mol. The summed E-state index contributed by atoms with van der Waals surface area (Å²) in [6, 6.07) is 0. The molecular weight excluding hydrogens is 270 g/mol. The molecule has 1 aliphatic heterocycles. The first-order valence-electron chi connectivity index (χ1n) is 5.50. The van der Waals surface area contributed by atoms with Crippen LogP contribution in [0.5, 0.6) is 0 Å². The molecule has 0 radical (unpaired) electrons. The highest BCUT2D eigenvalue weighted by atomic mass is 79.9. The van der Waals surface area contributed by atoms with Crippen LogP contribution in [0.25, 0.3) is 0 Å². The third kappa shape index (κ3) is 2.29. The van der Waals surface area contributed by atoms with Crippen LogP contribution in [0.2, 0.25) is 0 Å². The molecule has 1 amide bonds. The van der Waals surface area contributed by atoms with Crippen LogP contribution in [0.3, 0.4) is 0 Å². The van der Waals surface area contributed by atoms with E-state index in [0.717, 1.165) is 19.5 Å². The highest BCUT2D eigenvalue weighted by Crippen LogP contribution is 2.24. The molecule has 2 unspecified atom stereocenters. The second-order valence-corrected chi connectivity index (χ2v) is 5.61. The molecule has 0 bridgehead atoms. The molecule has 2 atom stereocenters. The standard InChI is InChI=1S/C11H16BrN3O/c1-8-3-4-15(7-10(8)12)11(16)9-5-13-14(2)6-9/h5-6,8,10H,3-4,7H2,1-2H3. The zero-order chi connectivity index (χ0) is 11.7. The molecule has 1 aliphatic rings. The molecule has 1 aromatic rings. The number of alkyl halides is 1. The van der Waals surface area contributed by atoms with E-state index >= 15 is 0 Å². The lowest BCUT2D eigenvalue weighted by Gasteiger charge is -2.34. The third-order valence-electron chi connectivity index (χ3n) is 3.11. The zero-order valence-corrected chi connectivity index (χ0v) is 11.1. The lowest BCUT2D eigenvalue weighted by molar-refractivity contribution is 0.0706. The van der Waals surface area contributed by atoms with E-state index in [2.05, 4.69) is 28.0 Å². The average molecular weight is 286 g/mol. The Balaban J connectivity index is 2.06. The predicted molar refractivity (Wildman–Crippen MR) is 65.6 cm³/mol. The van der Waals surface area contributed by atoms with Crippen LogP contribution in [0.1, 0.15) is 23.7 Å². The maximum Gasteiger partial charge on any atom is 0.257 e. The normalized spacial score (nSPS) is 25.8. The molecule has 1 aromatic heterocycles. The lowest BCUT2D eigenvalue weighted by atomic mass is 9.99. The summed E-state index contributed by atoms with van der Waals surface area (Å²) in [4.78, 5) is 14.4. The minimum Gasteiger partial charge on any atom is -0.337 e. The van der Waals surface area contributed by atoms with Gasteiger partial charge in [-0.2, -0.15) is 5.10 Å². The van der Waals surface area contributed by atoms with Crippen molar-refractivity contribution >= 4 is 21.8 Å². The third-order valence-corrected chi connectivity index (χ3v) is 4.30. The van der Waals surface area contributed by atoms with Gasteiger partial charge in [-0.05, 0) is 12.3 Å². The Kier molecular flexibility index (Phi) is 3.33. The van der Waals surface area contributed by atoms with E-state index in [1.165, 1.54) is 0 Å². The number of carbonyl (C=O) groups excluding carboxylic acids is 1. The molecule has 0 aliphatic carbocycles. The largest absolute Gasteiger partial charge is 0.337 e. The number of carbonyl (C=O) groups is 1. The second kappa shape index (κ2) is 4.57. The summed E-state index contributed by atoms with van der Waals surface area (Å²) in [6.07, 6.45) is 4.45. The molecule has 0 spiro atoms. The Morgan fingerprint density at radius 1 is 1.62 bits per heavy atom. The summed E-state index contributed by atoms with van der Waals surface area (Å²) in [5.41, 5.74) is 0.678. The first-order chi connectivity index (χ1) is 7.58. The van der Waals surface area contributed by atoms with E-state index in [-0.39, 0.29) is 5.91 Å². The van der Waals surface area contributed by atoms with Crippen molar-refractivity contribution in [1.82, 2.24) is 14.7 Å². The van der Waals surface area contributed by atoms with E-state index in [0.29, 0.717) is 16.3 Å². The van der Waals surface area contributed by atoms with Crippen molar-refractivity contribution < 1.29 is 4.79 Å². The number of likely N-dealkylation sites (tertiary alicyclic amines) is 1. The number of piperidine rings is 1. The SMILES string of the molecule is CC1CCN(C(=O)c2cnn(C)c2)CC1Br. The van der Waals surface area contributed by atoms with E-state index in [9.17, 15) is 4.79 Å². The Morgan fingerprint density at radius 2 is 2.38 bits per heavy atom. The Morgan fingerprint density at radius 3 is 2.94 bits per heavy atom. The minimum absolute atomic E-state index is 0.0875. The van der Waals surface area contributed by atoms with E-state index in [1.54, 1.807) is 17.1 Å². The number of hydrogen-bond donors (Lipinski definition) is 0. The van der Waals surface area contributed by atoms with Crippen molar-refractivity contribution in [3.63, 3.8) is 0 Å². The zero-order valence-electron chi connectivity index (χ0n) is 9.56. The molecule has 16 heavy (non-hydrogen) atoms. The van der Waals surface area contributed by atoms with Gasteiger partial charge in [-0.1, -0.05) is 22.9 Å². The molecule has 5 heteroatoms. The number of nitrogens with zero attached hydrogens (tertiary/aromatic N) is 3. The minimum atomic E-state index is 0.0875. The summed E-state index contributed by atoms with van der Waals surface area (Å²) < 4.78 is 1.66. The van der Waals surface area contributed by atoms with Gasteiger partial charge in [0, 0.05) is 31.2 Å². The van der Waals surface area contributed by atoms with Crippen molar-refractivity contribution in [3.8, 4) is 0 Å². The molecule has 2 rings (SSSR count). The molecule has 88 valence electrons. The van der Waals surface area contributed by atoms with Crippen LogP contribution in [0.4, 0.5) is 0 Å². The average Bonchev–Trinajstić information content (AvgIpc) is 2.68. The quantitative estimate of drug-likeness (QED) is 0.736. The summed E-state index contributed by atoms with van der Waals surface area (Å²) in [6.45, 7) is 3.84. The smallest absolute Gasteiger partial charge is 0.257 e. The van der Waals surface area contributed by atoms with Gasteiger partial charge in [0.2, 0.25) is 0 Å². The van der Waals surface area contributed by atoms with Gasteiger partial charge < -0.3 is 4.90 Å². The Bertz CT molecular complexity index is 390. The molecular formula is C11H16BrN3O. The van der Waals surface area contributed by atoms with Crippen LogP contribution in [-0.4, -0.2) is 38.5 Å². The number of aromatic nitrogens is 2. The summed E-state index contributed by atoms with van der Waals surface area (Å²) in [5.74, 6) is 0.724. The number of halogens is 1. The Hall–Kier alpha value is -0.840. The van der Waals surface area contributed by atoms with Gasteiger partial charge >= 0.3 is 0 Å². The van der Waals surface area contributed by atoms with Crippen molar-refractivity contribution in [1.29, 1.82) is 0 Å². The number of amides is 1. The van der Waals surface area contributed by atoms with Gasteiger partial charge in [0.25, 0.3) is 5.91 Å². The van der Waals surface area contributed by atoms with E-state index in [1.807, 2.05) is 11.9 Å². The van der Waals surface area contributed by atoms with Crippen molar-refractivity contribution in [2.45, 2.75) is 18.2 Å². The maximum atomic E-state index is 12.1. The van der Waals surface area contributed by atoms with Crippen LogP contribution < -0.4 is 0 Å². The van der Waals surface area contributed by atoms with Crippen LogP contribution in [0, 0.1) is 5.92 Å². The fourth-order valence-electron chi connectivity index (χ4n) is 1.92.